The Bertz CT molecular complexity index is 877. The Morgan fingerprint density at radius 2 is 1.71 bits per heavy atom. The Kier molecular flexibility index (Phi) is 6.14. The smallest absolute Gasteiger partial charge is 0.258 e. The number of ether oxygens (including phenoxy) is 1. The second-order valence-corrected chi connectivity index (χ2v) is 7.86. The zero-order valence-electron chi connectivity index (χ0n) is 16.7. The molecule has 0 aliphatic carbocycles. The van der Waals surface area contributed by atoms with Gasteiger partial charge in [0.1, 0.15) is 5.75 Å². The zero-order chi connectivity index (χ0) is 20.0. The first-order valence-electron chi connectivity index (χ1n) is 9.45. The van der Waals surface area contributed by atoms with Crippen LogP contribution in [0.25, 0.3) is 0 Å². The van der Waals surface area contributed by atoms with Crippen molar-refractivity contribution in [1.29, 1.82) is 0 Å². The van der Waals surface area contributed by atoms with Crippen molar-refractivity contribution < 1.29 is 9.53 Å². The van der Waals surface area contributed by atoms with E-state index in [1.54, 1.807) is 6.20 Å². The summed E-state index contributed by atoms with van der Waals surface area (Å²) in [7, 11) is 0. The summed E-state index contributed by atoms with van der Waals surface area (Å²) in [6.45, 7) is 7.72. The number of nitrogens with one attached hydrogen (secondary N) is 1. The van der Waals surface area contributed by atoms with Gasteiger partial charge in [-0.2, -0.15) is 5.10 Å². The summed E-state index contributed by atoms with van der Waals surface area (Å²) in [4.78, 5) is 12.0. The third-order valence-corrected chi connectivity index (χ3v) is 4.51. The van der Waals surface area contributed by atoms with Gasteiger partial charge in [-0.3, -0.25) is 9.48 Å². The summed E-state index contributed by atoms with van der Waals surface area (Å²) in [5.41, 5.74) is 3.55. The van der Waals surface area contributed by atoms with Gasteiger partial charge in [-0.1, -0.05) is 57.2 Å². The lowest BCUT2D eigenvalue weighted by atomic mass is 9.87. The molecule has 0 aliphatic rings. The highest BCUT2D eigenvalue weighted by Crippen LogP contribution is 2.24. The summed E-state index contributed by atoms with van der Waals surface area (Å²) in [6.07, 6.45) is 3.70. The number of hydrogen-bond donors (Lipinski definition) is 1. The maximum atomic E-state index is 12.0. The predicted octanol–water partition coefficient (Wildman–Crippen LogP) is 3.92. The minimum atomic E-state index is -0.138. The molecule has 28 heavy (non-hydrogen) atoms. The average Bonchev–Trinajstić information content (AvgIpc) is 3.18. The molecule has 0 unspecified atom stereocenters. The summed E-state index contributed by atoms with van der Waals surface area (Å²) < 4.78 is 7.46. The Morgan fingerprint density at radius 3 is 2.32 bits per heavy atom. The minimum Gasteiger partial charge on any atom is -0.484 e. The van der Waals surface area contributed by atoms with Crippen molar-refractivity contribution in [2.75, 3.05) is 6.61 Å². The molecule has 0 saturated heterocycles. The normalized spacial score (nSPS) is 11.2. The molecular formula is C23H27N3O2. The molecule has 0 aliphatic heterocycles. The molecule has 0 fully saturated rings. The van der Waals surface area contributed by atoms with Gasteiger partial charge in [0.15, 0.2) is 6.61 Å². The first-order chi connectivity index (χ1) is 13.4. The Balaban J connectivity index is 1.42. The van der Waals surface area contributed by atoms with Crippen LogP contribution in [0.4, 0.5) is 0 Å². The second-order valence-electron chi connectivity index (χ2n) is 7.86. The van der Waals surface area contributed by atoms with E-state index in [0.717, 1.165) is 12.1 Å². The molecule has 0 atom stereocenters. The number of hydrogen-bond acceptors (Lipinski definition) is 3. The third-order valence-electron chi connectivity index (χ3n) is 4.51. The topological polar surface area (TPSA) is 56.1 Å². The fourth-order valence-corrected chi connectivity index (χ4v) is 2.80. The van der Waals surface area contributed by atoms with Gasteiger partial charge in [0.25, 0.3) is 5.91 Å². The van der Waals surface area contributed by atoms with Crippen LogP contribution in [0.15, 0.2) is 67.0 Å². The SMILES string of the molecule is CC(C)(C)c1ccc(OCC(=O)NCc2ccc(Cn3cccn3)cc2)cc1. The minimum absolute atomic E-state index is 0.00620. The van der Waals surface area contributed by atoms with E-state index in [2.05, 4.69) is 43.3 Å². The number of nitrogens with zero attached hydrogens (tertiary/aromatic N) is 2. The molecule has 0 radical (unpaired) electrons. The van der Waals surface area contributed by atoms with Crippen LogP contribution in [0.1, 0.15) is 37.5 Å². The maximum absolute atomic E-state index is 12.0. The number of carbonyl (C=O) groups excluding carboxylic acids is 1. The Labute approximate surface area is 166 Å². The largest absolute Gasteiger partial charge is 0.484 e. The summed E-state index contributed by atoms with van der Waals surface area (Å²) in [5, 5.41) is 7.09. The van der Waals surface area contributed by atoms with Crippen LogP contribution in [0.5, 0.6) is 5.75 Å². The molecule has 1 heterocycles. The van der Waals surface area contributed by atoms with Crippen molar-refractivity contribution in [3.05, 3.63) is 83.7 Å². The van der Waals surface area contributed by atoms with Crippen molar-refractivity contribution >= 4 is 5.91 Å². The van der Waals surface area contributed by atoms with Gasteiger partial charge in [0, 0.05) is 18.9 Å². The first kappa shape index (κ1) is 19.7. The lowest BCUT2D eigenvalue weighted by molar-refractivity contribution is -0.123. The monoisotopic (exact) mass is 377 g/mol. The number of amides is 1. The fourth-order valence-electron chi connectivity index (χ4n) is 2.80. The second kappa shape index (κ2) is 8.74. The summed E-state index contributed by atoms with van der Waals surface area (Å²) in [6, 6.07) is 17.9. The van der Waals surface area contributed by atoms with Crippen LogP contribution in [-0.4, -0.2) is 22.3 Å². The number of aromatic nitrogens is 2. The van der Waals surface area contributed by atoms with Crippen molar-refractivity contribution in [2.45, 2.75) is 39.3 Å². The number of carbonyl (C=O) groups is 1. The van der Waals surface area contributed by atoms with Crippen molar-refractivity contribution in [2.24, 2.45) is 0 Å². The summed E-state index contributed by atoms with van der Waals surface area (Å²) in [5.74, 6) is 0.562. The molecule has 0 bridgehead atoms. The molecule has 3 aromatic rings. The lowest BCUT2D eigenvalue weighted by Crippen LogP contribution is -2.28. The van der Waals surface area contributed by atoms with Crippen molar-refractivity contribution in [1.82, 2.24) is 15.1 Å². The lowest BCUT2D eigenvalue weighted by Gasteiger charge is -2.19. The molecule has 3 rings (SSSR count). The molecule has 2 aromatic carbocycles. The number of rotatable bonds is 7. The van der Waals surface area contributed by atoms with Gasteiger partial charge in [-0.25, -0.2) is 0 Å². The van der Waals surface area contributed by atoms with Crippen molar-refractivity contribution in [3.63, 3.8) is 0 Å². The highest BCUT2D eigenvalue weighted by molar-refractivity contribution is 5.77. The van der Waals surface area contributed by atoms with Gasteiger partial charge in [-0.15, -0.1) is 0 Å². The van der Waals surface area contributed by atoms with Crippen LogP contribution in [0.3, 0.4) is 0 Å². The standard InChI is InChI=1S/C23H27N3O2/c1-23(2,3)20-9-11-21(12-10-20)28-17-22(27)24-15-18-5-7-19(8-6-18)16-26-14-4-13-25-26/h4-14H,15-17H2,1-3H3,(H,24,27). The molecular weight excluding hydrogens is 350 g/mol. The first-order valence-corrected chi connectivity index (χ1v) is 9.45. The molecule has 1 aromatic heterocycles. The van der Waals surface area contributed by atoms with E-state index in [0.29, 0.717) is 12.3 Å². The summed E-state index contributed by atoms with van der Waals surface area (Å²) >= 11 is 0. The highest BCUT2D eigenvalue weighted by atomic mass is 16.5. The van der Waals surface area contributed by atoms with Crippen LogP contribution in [-0.2, 0) is 23.3 Å². The van der Waals surface area contributed by atoms with Crippen LogP contribution >= 0.6 is 0 Å². The molecule has 5 heteroatoms. The Hall–Kier alpha value is -3.08. The van der Waals surface area contributed by atoms with E-state index in [4.69, 9.17) is 4.74 Å². The molecule has 0 saturated carbocycles. The van der Waals surface area contributed by atoms with E-state index < -0.39 is 0 Å². The fraction of sp³-hybridized carbons (Fsp3) is 0.304. The third kappa shape index (κ3) is 5.71. The quantitative estimate of drug-likeness (QED) is 0.679. The number of benzene rings is 2. The van der Waals surface area contributed by atoms with Crippen molar-refractivity contribution in [3.8, 4) is 5.75 Å². The van der Waals surface area contributed by atoms with E-state index in [-0.39, 0.29) is 17.9 Å². The molecule has 0 spiro atoms. The zero-order valence-corrected chi connectivity index (χ0v) is 16.7. The van der Waals surface area contributed by atoms with Crippen LogP contribution < -0.4 is 10.1 Å². The molecule has 1 amide bonds. The Morgan fingerprint density at radius 1 is 1.04 bits per heavy atom. The molecule has 5 nitrogen and oxygen atoms in total. The predicted molar refractivity (Wildman–Crippen MR) is 110 cm³/mol. The molecule has 1 N–H and O–H groups in total. The molecule has 146 valence electrons. The van der Waals surface area contributed by atoms with E-state index in [9.17, 15) is 4.79 Å². The van der Waals surface area contributed by atoms with Gasteiger partial charge in [0.2, 0.25) is 0 Å². The average molecular weight is 377 g/mol. The van der Waals surface area contributed by atoms with Crippen LogP contribution in [0.2, 0.25) is 0 Å². The van der Waals surface area contributed by atoms with E-state index >= 15 is 0 Å². The van der Waals surface area contributed by atoms with Gasteiger partial charge in [-0.05, 0) is 40.3 Å². The van der Waals surface area contributed by atoms with Crippen LogP contribution in [0, 0.1) is 0 Å². The highest BCUT2D eigenvalue weighted by Gasteiger charge is 2.13. The maximum Gasteiger partial charge on any atom is 0.258 e. The van der Waals surface area contributed by atoms with E-state index in [1.165, 1.54) is 11.1 Å². The van der Waals surface area contributed by atoms with Gasteiger partial charge in [0.05, 0.1) is 6.54 Å². The van der Waals surface area contributed by atoms with Gasteiger partial charge < -0.3 is 10.1 Å². The van der Waals surface area contributed by atoms with E-state index in [1.807, 2.05) is 53.3 Å². The van der Waals surface area contributed by atoms with Gasteiger partial charge >= 0.3 is 0 Å².